The molecule has 1 aromatic carbocycles. The van der Waals surface area contributed by atoms with Gasteiger partial charge < -0.3 is 10.6 Å². The number of fused-ring (bicyclic) bond motifs is 1. The van der Waals surface area contributed by atoms with Gasteiger partial charge in [-0.25, -0.2) is 0 Å². The first kappa shape index (κ1) is 13.5. The van der Waals surface area contributed by atoms with Crippen LogP contribution in [0.2, 0.25) is 0 Å². The molecule has 2 aliphatic rings. The van der Waals surface area contributed by atoms with E-state index in [1.807, 2.05) is 12.1 Å². The van der Waals surface area contributed by atoms with Crippen LogP contribution in [-0.2, 0) is 11.2 Å². The number of amides is 1. The summed E-state index contributed by atoms with van der Waals surface area (Å²) in [6.45, 7) is 4.36. The third-order valence-corrected chi connectivity index (χ3v) is 4.97. The van der Waals surface area contributed by atoms with Crippen molar-refractivity contribution in [2.24, 2.45) is 11.8 Å². The molecule has 4 unspecified atom stereocenters. The Balaban J connectivity index is 1.69. The molecule has 2 N–H and O–H groups in total. The molecule has 0 aromatic heterocycles. The maximum Gasteiger partial charge on any atom is 0.225 e. The van der Waals surface area contributed by atoms with Gasteiger partial charge >= 0.3 is 0 Å². The summed E-state index contributed by atoms with van der Waals surface area (Å²) < 4.78 is 0. The van der Waals surface area contributed by atoms with Gasteiger partial charge in [-0.3, -0.25) is 4.79 Å². The molecule has 3 heteroatoms. The van der Waals surface area contributed by atoms with Gasteiger partial charge in [0.05, 0.1) is 5.92 Å². The molecule has 1 fully saturated rings. The fraction of sp³-hybridized carbons (Fsp3) is 0.588. The van der Waals surface area contributed by atoms with Gasteiger partial charge in [0.1, 0.15) is 0 Å². The van der Waals surface area contributed by atoms with Crippen LogP contribution in [-0.4, -0.2) is 18.0 Å². The van der Waals surface area contributed by atoms with Crippen LogP contribution in [0, 0.1) is 11.8 Å². The van der Waals surface area contributed by atoms with E-state index in [2.05, 4.69) is 36.6 Å². The van der Waals surface area contributed by atoms with E-state index in [9.17, 15) is 4.79 Å². The molecule has 1 aromatic rings. The number of hydrogen-bond donors (Lipinski definition) is 2. The van der Waals surface area contributed by atoms with Gasteiger partial charge in [-0.15, -0.1) is 0 Å². The average Bonchev–Trinajstić information content (AvgIpc) is 2.83. The van der Waals surface area contributed by atoms with Crippen molar-refractivity contribution in [3.63, 3.8) is 0 Å². The predicted octanol–water partition coefficient (Wildman–Crippen LogP) is 2.96. The Bertz CT molecular complexity index is 500. The lowest BCUT2D eigenvalue weighted by atomic mass is 9.87. The standard InChI is InChI=1S/C17H24N2O/c1-11-6-5-9-15(11)19-17(20)14-10-13-7-3-4-8-16(13)18-12(14)2/h3-4,7-8,11-12,14-15,18H,5-6,9-10H2,1-2H3,(H,19,20). The monoisotopic (exact) mass is 272 g/mol. The Labute approximate surface area is 121 Å². The number of carbonyl (C=O) groups excluding carboxylic acids is 1. The van der Waals surface area contributed by atoms with Crippen LogP contribution in [0.1, 0.15) is 38.7 Å². The van der Waals surface area contributed by atoms with Crippen molar-refractivity contribution in [1.82, 2.24) is 5.32 Å². The fourth-order valence-electron chi connectivity index (χ4n) is 3.57. The van der Waals surface area contributed by atoms with Gasteiger partial charge in [0.15, 0.2) is 0 Å². The van der Waals surface area contributed by atoms with Crippen molar-refractivity contribution >= 4 is 11.6 Å². The van der Waals surface area contributed by atoms with Crippen LogP contribution in [0.5, 0.6) is 0 Å². The first-order valence-electron chi connectivity index (χ1n) is 7.80. The highest BCUT2D eigenvalue weighted by molar-refractivity contribution is 5.81. The lowest BCUT2D eigenvalue weighted by molar-refractivity contribution is -0.126. The number of para-hydroxylation sites is 1. The second-order valence-electron chi connectivity index (χ2n) is 6.42. The molecule has 1 heterocycles. The molecule has 0 radical (unpaired) electrons. The molecule has 1 aliphatic carbocycles. The van der Waals surface area contributed by atoms with Crippen molar-refractivity contribution in [2.75, 3.05) is 5.32 Å². The molecule has 3 nitrogen and oxygen atoms in total. The van der Waals surface area contributed by atoms with Crippen LogP contribution < -0.4 is 10.6 Å². The number of nitrogens with one attached hydrogen (secondary N) is 2. The van der Waals surface area contributed by atoms with Crippen molar-refractivity contribution < 1.29 is 4.79 Å². The molecule has 4 atom stereocenters. The molecule has 3 rings (SSSR count). The Morgan fingerprint density at radius 2 is 2.05 bits per heavy atom. The number of hydrogen-bond acceptors (Lipinski definition) is 2. The molecular formula is C17H24N2O. The maximum absolute atomic E-state index is 12.6. The molecule has 20 heavy (non-hydrogen) atoms. The first-order valence-corrected chi connectivity index (χ1v) is 7.80. The molecule has 1 saturated carbocycles. The molecule has 0 bridgehead atoms. The maximum atomic E-state index is 12.6. The summed E-state index contributed by atoms with van der Waals surface area (Å²) in [5.74, 6) is 0.883. The summed E-state index contributed by atoms with van der Waals surface area (Å²) in [5.41, 5.74) is 2.43. The molecule has 108 valence electrons. The highest BCUT2D eigenvalue weighted by Crippen LogP contribution is 2.30. The van der Waals surface area contributed by atoms with Gasteiger partial charge in [0, 0.05) is 17.8 Å². The molecule has 1 aliphatic heterocycles. The second-order valence-corrected chi connectivity index (χ2v) is 6.42. The van der Waals surface area contributed by atoms with Crippen LogP contribution >= 0.6 is 0 Å². The zero-order valence-electron chi connectivity index (χ0n) is 12.4. The Morgan fingerprint density at radius 1 is 1.25 bits per heavy atom. The van der Waals surface area contributed by atoms with E-state index in [4.69, 9.17) is 0 Å². The summed E-state index contributed by atoms with van der Waals surface area (Å²) in [5, 5.41) is 6.75. The lowest BCUT2D eigenvalue weighted by Gasteiger charge is -2.32. The smallest absolute Gasteiger partial charge is 0.225 e. The summed E-state index contributed by atoms with van der Waals surface area (Å²) in [6.07, 6.45) is 4.47. The van der Waals surface area contributed by atoms with Crippen molar-refractivity contribution in [1.29, 1.82) is 0 Å². The normalized spacial score (nSPS) is 32.3. The summed E-state index contributed by atoms with van der Waals surface area (Å²) in [6, 6.07) is 8.88. The quantitative estimate of drug-likeness (QED) is 0.869. The molecule has 0 spiro atoms. The minimum atomic E-state index is 0.0395. The number of carbonyl (C=O) groups is 1. The van der Waals surface area contributed by atoms with E-state index in [0.29, 0.717) is 12.0 Å². The number of anilines is 1. The summed E-state index contributed by atoms with van der Waals surface area (Å²) >= 11 is 0. The van der Waals surface area contributed by atoms with Crippen molar-refractivity contribution in [3.05, 3.63) is 29.8 Å². The van der Waals surface area contributed by atoms with E-state index in [-0.39, 0.29) is 17.9 Å². The predicted molar refractivity (Wildman–Crippen MR) is 81.7 cm³/mol. The first-order chi connectivity index (χ1) is 9.65. The van der Waals surface area contributed by atoms with Crippen LogP contribution in [0.25, 0.3) is 0 Å². The SMILES string of the molecule is CC1CCCC1NC(=O)C1Cc2ccccc2NC1C. The Morgan fingerprint density at radius 3 is 2.80 bits per heavy atom. The lowest BCUT2D eigenvalue weighted by Crippen LogP contribution is -2.47. The van der Waals surface area contributed by atoms with Gasteiger partial charge in [-0.05, 0) is 43.7 Å². The van der Waals surface area contributed by atoms with E-state index >= 15 is 0 Å². The largest absolute Gasteiger partial charge is 0.382 e. The topological polar surface area (TPSA) is 41.1 Å². The van der Waals surface area contributed by atoms with Crippen molar-refractivity contribution in [2.45, 2.75) is 51.6 Å². The molecular weight excluding hydrogens is 248 g/mol. The minimum Gasteiger partial charge on any atom is -0.382 e. The average molecular weight is 272 g/mol. The zero-order valence-corrected chi connectivity index (χ0v) is 12.4. The van der Waals surface area contributed by atoms with Crippen molar-refractivity contribution in [3.8, 4) is 0 Å². The third kappa shape index (κ3) is 2.54. The highest BCUT2D eigenvalue weighted by atomic mass is 16.2. The third-order valence-electron chi connectivity index (χ3n) is 4.97. The minimum absolute atomic E-state index is 0.0395. The van der Waals surface area contributed by atoms with Crippen LogP contribution in [0.3, 0.4) is 0 Å². The van der Waals surface area contributed by atoms with Gasteiger partial charge in [0.2, 0.25) is 5.91 Å². The number of benzene rings is 1. The molecule has 1 amide bonds. The number of rotatable bonds is 2. The van der Waals surface area contributed by atoms with Crippen LogP contribution in [0.4, 0.5) is 5.69 Å². The zero-order chi connectivity index (χ0) is 14.1. The van der Waals surface area contributed by atoms with Gasteiger partial charge in [0.25, 0.3) is 0 Å². The summed E-state index contributed by atoms with van der Waals surface area (Å²) in [4.78, 5) is 12.6. The summed E-state index contributed by atoms with van der Waals surface area (Å²) in [7, 11) is 0. The van der Waals surface area contributed by atoms with Gasteiger partial charge in [-0.2, -0.15) is 0 Å². The molecule has 0 saturated heterocycles. The van der Waals surface area contributed by atoms with Crippen LogP contribution in [0.15, 0.2) is 24.3 Å². The van der Waals surface area contributed by atoms with E-state index in [1.54, 1.807) is 0 Å². The fourth-order valence-corrected chi connectivity index (χ4v) is 3.57. The van der Waals surface area contributed by atoms with E-state index in [0.717, 1.165) is 12.8 Å². The van der Waals surface area contributed by atoms with E-state index in [1.165, 1.54) is 24.1 Å². The Kier molecular flexibility index (Phi) is 3.68. The highest BCUT2D eigenvalue weighted by Gasteiger charge is 2.33. The van der Waals surface area contributed by atoms with E-state index < -0.39 is 0 Å². The van der Waals surface area contributed by atoms with Gasteiger partial charge in [-0.1, -0.05) is 31.5 Å². The Hall–Kier alpha value is -1.51. The second kappa shape index (κ2) is 5.47.